The lowest BCUT2D eigenvalue weighted by Gasteiger charge is -2.34. The van der Waals surface area contributed by atoms with Crippen LogP contribution in [0.25, 0.3) is 11.3 Å². The van der Waals surface area contributed by atoms with Crippen molar-refractivity contribution in [2.45, 2.75) is 27.3 Å². The molecule has 5 nitrogen and oxygen atoms in total. The Balaban J connectivity index is 1.37. The maximum atomic E-state index is 13.1. The molecule has 0 aliphatic carbocycles. The first-order valence-corrected chi connectivity index (χ1v) is 11.5. The fourth-order valence-electron chi connectivity index (χ4n) is 4.27. The maximum Gasteiger partial charge on any atom is 0.254 e. The van der Waals surface area contributed by atoms with E-state index in [0.717, 1.165) is 71.4 Å². The zero-order valence-corrected chi connectivity index (χ0v) is 19.5. The van der Waals surface area contributed by atoms with E-state index < -0.39 is 0 Å². The standard InChI is InChI=1S/C25H29N3O2S/c1-17-12-18(2)24(19(3)13-17)25(29)28-10-8-27(9-11-28)15-23-26-22(16-31-23)20-6-5-7-21(14-20)30-4/h5-7,12-14,16H,8-11,15H2,1-4H3. The molecule has 31 heavy (non-hydrogen) atoms. The van der Waals surface area contributed by atoms with Gasteiger partial charge in [-0.2, -0.15) is 0 Å². The van der Waals surface area contributed by atoms with Crippen molar-refractivity contribution in [2.24, 2.45) is 0 Å². The number of ether oxygens (including phenoxy) is 1. The number of amides is 1. The summed E-state index contributed by atoms with van der Waals surface area (Å²) < 4.78 is 5.32. The Morgan fingerprint density at radius 3 is 2.45 bits per heavy atom. The molecule has 1 saturated heterocycles. The Morgan fingerprint density at radius 2 is 1.77 bits per heavy atom. The molecule has 1 aliphatic heterocycles. The molecule has 0 atom stereocenters. The average Bonchev–Trinajstić information content (AvgIpc) is 3.22. The van der Waals surface area contributed by atoms with Gasteiger partial charge in [-0.05, 0) is 44.0 Å². The van der Waals surface area contributed by atoms with Crippen LogP contribution >= 0.6 is 11.3 Å². The summed E-state index contributed by atoms with van der Waals surface area (Å²) in [5.74, 6) is 0.996. The van der Waals surface area contributed by atoms with E-state index in [-0.39, 0.29) is 5.91 Å². The Kier molecular flexibility index (Phi) is 6.39. The summed E-state index contributed by atoms with van der Waals surface area (Å²) >= 11 is 1.69. The van der Waals surface area contributed by atoms with Crippen LogP contribution in [0.2, 0.25) is 0 Å². The van der Waals surface area contributed by atoms with Gasteiger partial charge in [0, 0.05) is 42.7 Å². The summed E-state index contributed by atoms with van der Waals surface area (Å²) in [5, 5.41) is 3.20. The first-order valence-electron chi connectivity index (χ1n) is 10.6. The number of carbonyl (C=O) groups excluding carboxylic acids is 1. The van der Waals surface area contributed by atoms with Crippen molar-refractivity contribution in [2.75, 3.05) is 33.3 Å². The SMILES string of the molecule is COc1cccc(-c2csc(CN3CCN(C(=O)c4c(C)cc(C)cc4C)CC3)n2)c1. The Labute approximate surface area is 188 Å². The van der Waals surface area contributed by atoms with Gasteiger partial charge in [-0.25, -0.2) is 4.98 Å². The van der Waals surface area contributed by atoms with Gasteiger partial charge in [-0.15, -0.1) is 11.3 Å². The second-order valence-electron chi connectivity index (χ2n) is 8.20. The van der Waals surface area contributed by atoms with Crippen LogP contribution < -0.4 is 4.74 Å². The minimum Gasteiger partial charge on any atom is -0.497 e. The second kappa shape index (κ2) is 9.20. The fourth-order valence-corrected chi connectivity index (χ4v) is 5.12. The molecule has 1 aromatic heterocycles. The zero-order valence-electron chi connectivity index (χ0n) is 18.6. The number of benzene rings is 2. The summed E-state index contributed by atoms with van der Waals surface area (Å²) in [7, 11) is 1.68. The predicted octanol–water partition coefficient (Wildman–Crippen LogP) is 4.70. The molecule has 6 heteroatoms. The summed E-state index contributed by atoms with van der Waals surface area (Å²) in [6, 6.07) is 12.2. The van der Waals surface area contributed by atoms with E-state index in [1.165, 1.54) is 5.56 Å². The van der Waals surface area contributed by atoms with Crippen molar-refractivity contribution >= 4 is 17.2 Å². The lowest BCUT2D eigenvalue weighted by atomic mass is 9.98. The molecule has 162 valence electrons. The van der Waals surface area contributed by atoms with Gasteiger partial charge >= 0.3 is 0 Å². The Hall–Kier alpha value is -2.70. The largest absolute Gasteiger partial charge is 0.497 e. The third-order valence-electron chi connectivity index (χ3n) is 5.83. The Bertz CT molecular complexity index is 1060. The van der Waals surface area contributed by atoms with Gasteiger partial charge in [0.25, 0.3) is 5.91 Å². The van der Waals surface area contributed by atoms with Crippen molar-refractivity contribution in [1.29, 1.82) is 0 Å². The molecule has 0 radical (unpaired) electrons. The quantitative estimate of drug-likeness (QED) is 0.583. The molecular weight excluding hydrogens is 406 g/mol. The molecule has 0 saturated carbocycles. The van der Waals surface area contributed by atoms with Crippen molar-refractivity contribution in [3.63, 3.8) is 0 Å². The molecular formula is C25H29N3O2S. The highest BCUT2D eigenvalue weighted by Crippen LogP contribution is 2.26. The lowest BCUT2D eigenvalue weighted by molar-refractivity contribution is 0.0627. The summed E-state index contributed by atoms with van der Waals surface area (Å²) in [6.07, 6.45) is 0. The van der Waals surface area contributed by atoms with Gasteiger partial charge in [-0.1, -0.05) is 29.8 Å². The van der Waals surface area contributed by atoms with Crippen LogP contribution in [-0.4, -0.2) is 54.0 Å². The van der Waals surface area contributed by atoms with E-state index >= 15 is 0 Å². The van der Waals surface area contributed by atoms with Crippen LogP contribution in [-0.2, 0) is 6.54 Å². The number of carbonyl (C=O) groups is 1. The molecule has 1 amide bonds. The number of rotatable bonds is 5. The number of piperazine rings is 1. The highest BCUT2D eigenvalue weighted by molar-refractivity contribution is 7.09. The number of thiazole rings is 1. The fraction of sp³-hybridized carbons (Fsp3) is 0.360. The minimum absolute atomic E-state index is 0.157. The van der Waals surface area contributed by atoms with E-state index in [2.05, 4.69) is 35.4 Å². The second-order valence-corrected chi connectivity index (χ2v) is 9.14. The van der Waals surface area contributed by atoms with Gasteiger partial charge < -0.3 is 9.64 Å². The van der Waals surface area contributed by atoms with E-state index in [1.807, 2.05) is 36.9 Å². The van der Waals surface area contributed by atoms with Crippen LogP contribution in [0, 0.1) is 20.8 Å². The molecule has 0 N–H and O–H groups in total. The maximum absolute atomic E-state index is 13.1. The van der Waals surface area contributed by atoms with E-state index in [4.69, 9.17) is 9.72 Å². The monoisotopic (exact) mass is 435 g/mol. The van der Waals surface area contributed by atoms with E-state index in [9.17, 15) is 4.79 Å². The van der Waals surface area contributed by atoms with Gasteiger partial charge in [0.2, 0.25) is 0 Å². The smallest absolute Gasteiger partial charge is 0.254 e. The number of methoxy groups -OCH3 is 1. The summed E-state index contributed by atoms with van der Waals surface area (Å²) in [5.41, 5.74) is 6.25. The number of aromatic nitrogens is 1. The predicted molar refractivity (Wildman–Crippen MR) is 126 cm³/mol. The van der Waals surface area contributed by atoms with Crippen molar-refractivity contribution < 1.29 is 9.53 Å². The van der Waals surface area contributed by atoms with Gasteiger partial charge in [0.1, 0.15) is 10.8 Å². The van der Waals surface area contributed by atoms with Crippen LogP contribution in [0.1, 0.15) is 32.1 Å². The first-order chi connectivity index (χ1) is 14.9. The summed E-state index contributed by atoms with van der Waals surface area (Å²) in [4.78, 5) is 22.3. The zero-order chi connectivity index (χ0) is 22.0. The normalized spacial score (nSPS) is 14.6. The van der Waals surface area contributed by atoms with Crippen molar-refractivity contribution in [3.8, 4) is 17.0 Å². The topological polar surface area (TPSA) is 45.7 Å². The van der Waals surface area contributed by atoms with Gasteiger partial charge in [0.05, 0.1) is 19.3 Å². The summed E-state index contributed by atoms with van der Waals surface area (Å²) in [6.45, 7) is 10.2. The first kappa shape index (κ1) is 21.5. The van der Waals surface area contributed by atoms with Crippen molar-refractivity contribution in [1.82, 2.24) is 14.8 Å². The van der Waals surface area contributed by atoms with Crippen LogP contribution in [0.5, 0.6) is 5.75 Å². The molecule has 2 aromatic carbocycles. The molecule has 1 fully saturated rings. The molecule has 4 rings (SSSR count). The number of hydrogen-bond donors (Lipinski definition) is 0. The van der Waals surface area contributed by atoms with Crippen LogP contribution in [0.15, 0.2) is 41.8 Å². The molecule has 2 heterocycles. The van der Waals surface area contributed by atoms with E-state index in [1.54, 1.807) is 18.4 Å². The van der Waals surface area contributed by atoms with Crippen molar-refractivity contribution in [3.05, 3.63) is 69.0 Å². The van der Waals surface area contributed by atoms with Gasteiger partial charge in [0.15, 0.2) is 0 Å². The highest BCUT2D eigenvalue weighted by atomic mass is 32.1. The molecule has 0 unspecified atom stereocenters. The highest BCUT2D eigenvalue weighted by Gasteiger charge is 2.25. The van der Waals surface area contributed by atoms with E-state index in [0.29, 0.717) is 0 Å². The van der Waals surface area contributed by atoms with Crippen LogP contribution in [0.4, 0.5) is 0 Å². The number of aryl methyl sites for hydroxylation is 3. The molecule has 0 bridgehead atoms. The van der Waals surface area contributed by atoms with Gasteiger partial charge in [-0.3, -0.25) is 9.69 Å². The molecule has 1 aliphatic rings. The average molecular weight is 436 g/mol. The molecule has 3 aromatic rings. The third-order valence-corrected chi connectivity index (χ3v) is 6.66. The number of hydrogen-bond acceptors (Lipinski definition) is 5. The third kappa shape index (κ3) is 4.81. The lowest BCUT2D eigenvalue weighted by Crippen LogP contribution is -2.48. The molecule has 0 spiro atoms. The van der Waals surface area contributed by atoms with Crippen LogP contribution in [0.3, 0.4) is 0 Å². The number of nitrogens with zero attached hydrogens (tertiary/aromatic N) is 3. The minimum atomic E-state index is 0.157. The Morgan fingerprint density at radius 1 is 1.06 bits per heavy atom.